The molecule has 25 heavy (non-hydrogen) atoms. The number of nitrogens with zero attached hydrogens (tertiary/aromatic N) is 3. The van der Waals surface area contributed by atoms with Crippen molar-refractivity contribution in [2.75, 3.05) is 19.7 Å². The van der Waals surface area contributed by atoms with Gasteiger partial charge < -0.3 is 20.3 Å². The minimum Gasteiger partial charge on any atom is -0.450 e. The number of ether oxygens (including phenoxy) is 1. The van der Waals surface area contributed by atoms with Gasteiger partial charge in [-0.25, -0.2) is 9.59 Å². The zero-order valence-corrected chi connectivity index (χ0v) is 15.0. The van der Waals surface area contributed by atoms with Gasteiger partial charge in [-0.05, 0) is 39.0 Å². The van der Waals surface area contributed by atoms with Crippen LogP contribution in [0.5, 0.6) is 0 Å². The van der Waals surface area contributed by atoms with E-state index in [-0.39, 0.29) is 24.2 Å². The first-order valence-corrected chi connectivity index (χ1v) is 9.08. The van der Waals surface area contributed by atoms with Crippen LogP contribution in [-0.4, -0.2) is 52.5 Å². The Morgan fingerprint density at radius 2 is 2.04 bits per heavy atom. The third-order valence-corrected chi connectivity index (χ3v) is 5.04. The fraction of sp³-hybridized carbons (Fsp3) is 0.706. The highest BCUT2D eigenvalue weighted by molar-refractivity contribution is 5.75. The van der Waals surface area contributed by atoms with E-state index in [4.69, 9.17) is 4.74 Å². The van der Waals surface area contributed by atoms with Crippen molar-refractivity contribution in [1.82, 2.24) is 25.3 Å². The van der Waals surface area contributed by atoms with Crippen LogP contribution in [0.4, 0.5) is 9.59 Å². The van der Waals surface area contributed by atoms with Crippen LogP contribution >= 0.6 is 0 Å². The molecule has 138 valence electrons. The number of carbonyl (C=O) groups is 2. The summed E-state index contributed by atoms with van der Waals surface area (Å²) in [5.41, 5.74) is 2.33. The lowest BCUT2D eigenvalue weighted by Gasteiger charge is -2.32. The van der Waals surface area contributed by atoms with Gasteiger partial charge in [0, 0.05) is 37.4 Å². The van der Waals surface area contributed by atoms with Gasteiger partial charge in [0.1, 0.15) is 0 Å². The van der Waals surface area contributed by atoms with Crippen LogP contribution in [0.15, 0.2) is 6.20 Å². The number of amides is 3. The molecule has 1 aliphatic heterocycles. The summed E-state index contributed by atoms with van der Waals surface area (Å²) in [4.78, 5) is 25.8. The van der Waals surface area contributed by atoms with E-state index >= 15 is 0 Å². The van der Waals surface area contributed by atoms with Gasteiger partial charge in [-0.2, -0.15) is 5.10 Å². The molecule has 1 fully saturated rings. The highest BCUT2D eigenvalue weighted by Gasteiger charge is 2.27. The maximum atomic E-state index is 12.4. The summed E-state index contributed by atoms with van der Waals surface area (Å²) >= 11 is 0. The smallest absolute Gasteiger partial charge is 0.409 e. The maximum Gasteiger partial charge on any atom is 0.409 e. The Bertz CT molecular complexity index is 622. The standard InChI is InChI=1S/C17H27N5O3/c1-3-25-17(24)22-9-7-12(8-10-22)19-16(23)20-14-5-4-6-15-13(14)11-18-21(15)2/h11-12,14H,3-10H2,1-2H3,(H2,19,20,23). The second kappa shape index (κ2) is 7.76. The van der Waals surface area contributed by atoms with Crippen LogP contribution in [0.25, 0.3) is 0 Å². The molecular formula is C17H27N5O3. The molecule has 1 aromatic heterocycles. The number of aromatic nitrogens is 2. The molecule has 1 atom stereocenters. The highest BCUT2D eigenvalue weighted by atomic mass is 16.6. The second-order valence-electron chi connectivity index (χ2n) is 6.69. The molecule has 8 nitrogen and oxygen atoms in total. The van der Waals surface area contributed by atoms with E-state index in [1.807, 2.05) is 17.9 Å². The molecule has 2 heterocycles. The zero-order valence-electron chi connectivity index (χ0n) is 15.0. The van der Waals surface area contributed by atoms with Crippen molar-refractivity contribution in [2.45, 2.75) is 51.1 Å². The quantitative estimate of drug-likeness (QED) is 0.870. The molecule has 0 aromatic carbocycles. The van der Waals surface area contributed by atoms with Gasteiger partial charge in [-0.1, -0.05) is 0 Å². The van der Waals surface area contributed by atoms with E-state index in [1.165, 1.54) is 5.69 Å². The number of likely N-dealkylation sites (tertiary alicyclic amines) is 1. The summed E-state index contributed by atoms with van der Waals surface area (Å²) < 4.78 is 6.91. The Hall–Kier alpha value is -2.25. The molecule has 3 rings (SSSR count). The Kier molecular flexibility index (Phi) is 5.45. The average molecular weight is 349 g/mol. The predicted octanol–water partition coefficient (Wildman–Crippen LogP) is 1.72. The molecule has 1 aromatic rings. The molecule has 3 amide bonds. The number of rotatable bonds is 3. The summed E-state index contributed by atoms with van der Waals surface area (Å²) in [6.45, 7) is 3.41. The topological polar surface area (TPSA) is 88.5 Å². The Morgan fingerprint density at radius 1 is 1.28 bits per heavy atom. The Labute approximate surface area is 147 Å². The van der Waals surface area contributed by atoms with Gasteiger partial charge in [0.05, 0.1) is 18.8 Å². The molecule has 1 aliphatic carbocycles. The Balaban J connectivity index is 1.47. The predicted molar refractivity (Wildman–Crippen MR) is 92.2 cm³/mol. The second-order valence-corrected chi connectivity index (χ2v) is 6.69. The fourth-order valence-corrected chi connectivity index (χ4v) is 3.66. The molecule has 0 saturated carbocycles. The minimum atomic E-state index is -0.267. The van der Waals surface area contributed by atoms with Crippen molar-refractivity contribution >= 4 is 12.1 Å². The average Bonchev–Trinajstić information content (AvgIpc) is 2.98. The molecule has 0 radical (unpaired) electrons. The number of fused-ring (bicyclic) bond motifs is 1. The van der Waals surface area contributed by atoms with Gasteiger partial charge in [-0.3, -0.25) is 4.68 Å². The zero-order chi connectivity index (χ0) is 17.8. The number of urea groups is 1. The van der Waals surface area contributed by atoms with Crippen LogP contribution in [0.3, 0.4) is 0 Å². The van der Waals surface area contributed by atoms with E-state index in [1.54, 1.807) is 11.8 Å². The van der Waals surface area contributed by atoms with E-state index in [0.717, 1.165) is 37.7 Å². The summed E-state index contributed by atoms with van der Waals surface area (Å²) in [6, 6.07) is -0.0315. The van der Waals surface area contributed by atoms with Crippen LogP contribution < -0.4 is 10.6 Å². The monoisotopic (exact) mass is 349 g/mol. The van der Waals surface area contributed by atoms with Crippen molar-refractivity contribution in [2.24, 2.45) is 7.05 Å². The first kappa shape index (κ1) is 17.6. The van der Waals surface area contributed by atoms with Crippen LogP contribution in [0, 0.1) is 0 Å². The summed E-state index contributed by atoms with van der Waals surface area (Å²) in [6.07, 6.45) is 6.08. The largest absolute Gasteiger partial charge is 0.450 e. The van der Waals surface area contributed by atoms with Gasteiger partial charge in [0.15, 0.2) is 0 Å². The molecule has 2 N–H and O–H groups in total. The highest BCUT2D eigenvalue weighted by Crippen LogP contribution is 2.29. The number of hydrogen-bond donors (Lipinski definition) is 2. The number of hydrogen-bond acceptors (Lipinski definition) is 4. The normalized spacial score (nSPS) is 20.7. The van der Waals surface area contributed by atoms with Gasteiger partial charge in [0.25, 0.3) is 0 Å². The third kappa shape index (κ3) is 4.05. The van der Waals surface area contributed by atoms with Crippen LogP contribution in [0.2, 0.25) is 0 Å². The van der Waals surface area contributed by atoms with Crippen molar-refractivity contribution in [1.29, 1.82) is 0 Å². The molecule has 2 aliphatic rings. The Morgan fingerprint density at radius 3 is 2.76 bits per heavy atom. The first-order valence-electron chi connectivity index (χ1n) is 9.08. The molecule has 1 unspecified atom stereocenters. The van der Waals surface area contributed by atoms with Gasteiger partial charge in [0.2, 0.25) is 0 Å². The maximum absolute atomic E-state index is 12.4. The molecule has 1 saturated heterocycles. The lowest BCUT2D eigenvalue weighted by molar-refractivity contribution is 0.0957. The van der Waals surface area contributed by atoms with E-state index in [9.17, 15) is 9.59 Å². The number of nitrogens with one attached hydrogen (secondary N) is 2. The van der Waals surface area contributed by atoms with Crippen molar-refractivity contribution < 1.29 is 14.3 Å². The van der Waals surface area contributed by atoms with Crippen LogP contribution in [-0.2, 0) is 18.2 Å². The lowest BCUT2D eigenvalue weighted by Crippen LogP contribution is -2.49. The molecular weight excluding hydrogens is 322 g/mol. The summed E-state index contributed by atoms with van der Waals surface area (Å²) in [7, 11) is 1.94. The van der Waals surface area contributed by atoms with Gasteiger partial charge in [-0.15, -0.1) is 0 Å². The van der Waals surface area contributed by atoms with E-state index in [2.05, 4.69) is 15.7 Å². The molecule has 0 bridgehead atoms. The fourth-order valence-electron chi connectivity index (χ4n) is 3.66. The molecule has 8 heteroatoms. The van der Waals surface area contributed by atoms with Crippen LogP contribution in [0.1, 0.15) is 49.9 Å². The van der Waals surface area contributed by atoms with Crippen molar-refractivity contribution in [3.8, 4) is 0 Å². The summed E-state index contributed by atoms with van der Waals surface area (Å²) in [5.74, 6) is 0. The molecule has 0 spiro atoms. The third-order valence-electron chi connectivity index (χ3n) is 5.04. The SMILES string of the molecule is CCOC(=O)N1CCC(NC(=O)NC2CCCc3c2cnn3C)CC1. The van der Waals surface area contributed by atoms with E-state index in [0.29, 0.717) is 19.7 Å². The first-order chi connectivity index (χ1) is 12.1. The van der Waals surface area contributed by atoms with Crippen molar-refractivity contribution in [3.63, 3.8) is 0 Å². The van der Waals surface area contributed by atoms with E-state index < -0.39 is 0 Å². The lowest BCUT2D eigenvalue weighted by atomic mass is 9.93. The minimum absolute atomic E-state index is 0.0251. The van der Waals surface area contributed by atoms with Crippen molar-refractivity contribution in [3.05, 3.63) is 17.5 Å². The number of aryl methyl sites for hydroxylation is 1. The number of carbonyl (C=O) groups excluding carboxylic acids is 2. The van der Waals surface area contributed by atoms with Gasteiger partial charge >= 0.3 is 12.1 Å². The number of piperidine rings is 1. The summed E-state index contributed by atoms with van der Waals surface area (Å²) in [5, 5.41) is 10.4.